The predicted molar refractivity (Wildman–Crippen MR) is 88.7 cm³/mol. The summed E-state index contributed by atoms with van der Waals surface area (Å²) in [6.45, 7) is 5.87. The van der Waals surface area contributed by atoms with Gasteiger partial charge in [0, 0.05) is 39.0 Å². The summed E-state index contributed by atoms with van der Waals surface area (Å²) < 4.78 is 26.4. The topological polar surface area (TPSA) is 104 Å². The first-order valence-corrected chi connectivity index (χ1v) is 10.1. The highest BCUT2D eigenvalue weighted by Gasteiger charge is 2.28. The summed E-state index contributed by atoms with van der Waals surface area (Å²) in [7, 11) is -3.40. The number of rotatable bonds is 4. The molecule has 1 N–H and O–H groups in total. The largest absolute Gasteiger partial charge is 0.391 e. The lowest BCUT2D eigenvalue weighted by atomic mass is 10.3. The number of β-amino-alcohol motifs (C(OH)–C–C–N with tert-alkyl or cyclic N) is 1. The van der Waals surface area contributed by atoms with Crippen LogP contribution in [0.5, 0.6) is 0 Å². The normalized spacial score (nSPS) is 23.8. The Kier molecular flexibility index (Phi) is 8.11. The molecule has 2 amide bonds. The molecule has 0 unspecified atom stereocenters. The van der Waals surface area contributed by atoms with E-state index in [4.69, 9.17) is 9.29 Å². The summed E-state index contributed by atoms with van der Waals surface area (Å²) in [6, 6.07) is 0. The number of aliphatic hydroxyl groups is 1. The first kappa shape index (κ1) is 20.9. The summed E-state index contributed by atoms with van der Waals surface area (Å²) in [5, 5.41) is 9.05. The maximum absolute atomic E-state index is 11.2. The second-order valence-corrected chi connectivity index (χ2v) is 7.64. The Labute approximate surface area is 143 Å². The van der Waals surface area contributed by atoms with Gasteiger partial charge in [-0.15, -0.1) is 0 Å². The summed E-state index contributed by atoms with van der Waals surface area (Å²) >= 11 is 0. The molecule has 2 saturated heterocycles. The molecule has 2 rings (SSSR count). The van der Waals surface area contributed by atoms with Crippen LogP contribution in [0.15, 0.2) is 0 Å². The van der Waals surface area contributed by atoms with Gasteiger partial charge in [-0.3, -0.25) is 13.8 Å². The third kappa shape index (κ3) is 7.14. The fourth-order valence-electron chi connectivity index (χ4n) is 2.70. The van der Waals surface area contributed by atoms with E-state index in [9.17, 15) is 18.0 Å². The zero-order valence-corrected chi connectivity index (χ0v) is 15.4. The fourth-order valence-corrected chi connectivity index (χ4v) is 3.35. The minimum Gasteiger partial charge on any atom is -0.391 e. The molecule has 0 radical (unpaired) electrons. The molecule has 0 saturated carbocycles. The van der Waals surface area contributed by atoms with Crippen LogP contribution in [-0.4, -0.2) is 79.8 Å². The first-order chi connectivity index (χ1) is 11.2. The molecule has 0 bridgehead atoms. The first-order valence-electron chi connectivity index (χ1n) is 8.28. The zero-order chi connectivity index (χ0) is 18.3. The number of amides is 2. The van der Waals surface area contributed by atoms with E-state index in [0.29, 0.717) is 38.9 Å². The summed E-state index contributed by atoms with van der Waals surface area (Å²) in [5.41, 5.74) is 0. The van der Waals surface area contributed by atoms with Gasteiger partial charge in [0.25, 0.3) is 10.1 Å². The van der Waals surface area contributed by atoms with Gasteiger partial charge < -0.3 is 14.9 Å². The van der Waals surface area contributed by atoms with E-state index in [1.165, 1.54) is 0 Å². The Morgan fingerprint density at radius 1 is 1.04 bits per heavy atom. The van der Waals surface area contributed by atoms with Crippen LogP contribution in [0.4, 0.5) is 0 Å². The van der Waals surface area contributed by atoms with Gasteiger partial charge in [-0.05, 0) is 12.8 Å². The molecular formula is C15H28N2O6S. The van der Waals surface area contributed by atoms with E-state index in [0.717, 1.165) is 19.2 Å². The molecule has 0 aromatic rings. The second-order valence-electron chi connectivity index (χ2n) is 6.04. The van der Waals surface area contributed by atoms with Crippen LogP contribution in [-0.2, 0) is 23.9 Å². The third-order valence-electron chi connectivity index (χ3n) is 3.93. The van der Waals surface area contributed by atoms with Gasteiger partial charge in [-0.2, -0.15) is 8.42 Å². The summed E-state index contributed by atoms with van der Waals surface area (Å²) in [4.78, 5) is 25.6. The average Bonchev–Trinajstić information content (AvgIpc) is 3.14. The van der Waals surface area contributed by atoms with Crippen molar-refractivity contribution in [1.82, 2.24) is 9.80 Å². The molecule has 2 atom stereocenters. The highest BCUT2D eigenvalue weighted by atomic mass is 32.2. The lowest BCUT2D eigenvalue weighted by Gasteiger charge is -2.14. The Bertz CT molecular complexity index is 536. The smallest absolute Gasteiger partial charge is 0.264 e. The molecule has 0 aromatic heterocycles. The maximum atomic E-state index is 11.2. The van der Waals surface area contributed by atoms with Gasteiger partial charge in [-0.25, -0.2) is 0 Å². The Morgan fingerprint density at radius 2 is 1.54 bits per heavy atom. The van der Waals surface area contributed by atoms with Gasteiger partial charge >= 0.3 is 0 Å². The minimum atomic E-state index is -3.40. The number of likely N-dealkylation sites (tertiary alicyclic amines) is 2. The number of aliphatic hydroxyl groups excluding tert-OH is 1. The summed E-state index contributed by atoms with van der Waals surface area (Å²) in [5.74, 6) is 0.196. The van der Waals surface area contributed by atoms with Gasteiger partial charge in [0.2, 0.25) is 11.8 Å². The molecule has 24 heavy (non-hydrogen) atoms. The van der Waals surface area contributed by atoms with Crippen LogP contribution in [0.2, 0.25) is 0 Å². The van der Waals surface area contributed by atoms with E-state index in [2.05, 4.69) is 0 Å². The molecular weight excluding hydrogens is 336 g/mol. The third-order valence-corrected chi connectivity index (χ3v) is 4.55. The number of nitrogens with zero attached hydrogens (tertiary/aromatic N) is 2. The Balaban J connectivity index is 0.000000254. The molecule has 0 spiro atoms. The molecule has 2 fully saturated rings. The van der Waals surface area contributed by atoms with Crippen molar-refractivity contribution in [1.29, 1.82) is 0 Å². The van der Waals surface area contributed by atoms with Crippen molar-refractivity contribution in [3.63, 3.8) is 0 Å². The molecule has 2 aliphatic rings. The molecule has 0 aliphatic carbocycles. The van der Waals surface area contributed by atoms with Crippen molar-refractivity contribution >= 4 is 21.9 Å². The van der Waals surface area contributed by atoms with Crippen molar-refractivity contribution in [3.8, 4) is 0 Å². The van der Waals surface area contributed by atoms with E-state index in [-0.39, 0.29) is 24.0 Å². The van der Waals surface area contributed by atoms with Gasteiger partial charge in [0.05, 0.1) is 18.5 Å². The standard InChI is InChI=1S/C8H15NO4S.C7H13NO2/c1-3-8(10)9-5-4-7(6-9)13-14(2,11)12;1-2-7(10)8-4-3-6(9)5-8/h7H,3-6H2,1-2H3;6,9H,2-5H2,1H3/t7-;6-/m00/s1. The highest BCUT2D eigenvalue weighted by Crippen LogP contribution is 2.15. The van der Waals surface area contributed by atoms with Gasteiger partial charge in [0.1, 0.15) is 0 Å². The Morgan fingerprint density at radius 3 is 1.96 bits per heavy atom. The number of carbonyl (C=O) groups is 2. The molecule has 0 aromatic carbocycles. The van der Waals surface area contributed by atoms with Crippen molar-refractivity contribution in [2.75, 3.05) is 32.4 Å². The van der Waals surface area contributed by atoms with Crippen molar-refractivity contribution < 1.29 is 27.3 Å². The van der Waals surface area contributed by atoms with Crippen LogP contribution in [0.1, 0.15) is 39.5 Å². The average molecular weight is 364 g/mol. The van der Waals surface area contributed by atoms with E-state index >= 15 is 0 Å². The second kappa shape index (κ2) is 9.33. The molecule has 140 valence electrons. The lowest BCUT2D eigenvalue weighted by molar-refractivity contribution is -0.130. The van der Waals surface area contributed by atoms with Gasteiger partial charge in [-0.1, -0.05) is 13.8 Å². The fraction of sp³-hybridized carbons (Fsp3) is 0.867. The van der Waals surface area contributed by atoms with Crippen molar-refractivity contribution in [3.05, 3.63) is 0 Å². The van der Waals surface area contributed by atoms with E-state index in [1.54, 1.807) is 16.7 Å². The van der Waals surface area contributed by atoms with Crippen LogP contribution in [0, 0.1) is 0 Å². The van der Waals surface area contributed by atoms with Crippen molar-refractivity contribution in [2.45, 2.75) is 51.7 Å². The number of hydrogen-bond donors (Lipinski definition) is 1. The zero-order valence-electron chi connectivity index (χ0n) is 14.6. The van der Waals surface area contributed by atoms with Crippen molar-refractivity contribution in [2.24, 2.45) is 0 Å². The quantitative estimate of drug-likeness (QED) is 0.702. The van der Waals surface area contributed by atoms with Crippen LogP contribution >= 0.6 is 0 Å². The predicted octanol–water partition coefficient (Wildman–Crippen LogP) is -0.0369. The van der Waals surface area contributed by atoms with Gasteiger partial charge in [0.15, 0.2) is 0 Å². The van der Waals surface area contributed by atoms with Crippen LogP contribution in [0.3, 0.4) is 0 Å². The number of hydrogen-bond acceptors (Lipinski definition) is 6. The molecule has 2 aliphatic heterocycles. The van der Waals surface area contributed by atoms with E-state index in [1.807, 2.05) is 6.92 Å². The van der Waals surface area contributed by atoms with Crippen LogP contribution < -0.4 is 0 Å². The molecule has 8 nitrogen and oxygen atoms in total. The van der Waals surface area contributed by atoms with E-state index < -0.39 is 10.1 Å². The maximum Gasteiger partial charge on any atom is 0.264 e. The lowest BCUT2D eigenvalue weighted by Crippen LogP contribution is -2.29. The number of carbonyl (C=O) groups excluding carboxylic acids is 2. The minimum absolute atomic E-state index is 0.0459. The monoisotopic (exact) mass is 364 g/mol. The van der Waals surface area contributed by atoms with Crippen LogP contribution in [0.25, 0.3) is 0 Å². The highest BCUT2D eigenvalue weighted by molar-refractivity contribution is 7.86. The summed E-state index contributed by atoms with van der Waals surface area (Å²) in [6.07, 6.45) is 2.72. The Hall–Kier alpha value is -1.19. The molecule has 2 heterocycles. The SMILES string of the molecule is CCC(=O)N1CC[C@H](O)C1.CCC(=O)N1CC[C@H](OS(C)(=O)=O)C1. The molecule has 9 heteroatoms.